The Morgan fingerprint density at radius 3 is 2.87 bits per heavy atom. The molecule has 0 amide bonds. The lowest BCUT2D eigenvalue weighted by atomic mass is 10.2. The van der Waals surface area contributed by atoms with Crippen LogP contribution in [0.3, 0.4) is 0 Å². The quantitative estimate of drug-likeness (QED) is 0.343. The molecule has 0 unspecified atom stereocenters. The van der Waals surface area contributed by atoms with Gasteiger partial charge in [0.15, 0.2) is 0 Å². The van der Waals surface area contributed by atoms with Gasteiger partial charge in [-0.3, -0.25) is 10.1 Å². The summed E-state index contributed by atoms with van der Waals surface area (Å²) in [6.07, 6.45) is 0. The molecule has 0 aliphatic heterocycles. The highest BCUT2D eigenvalue weighted by Gasteiger charge is 2.13. The van der Waals surface area contributed by atoms with E-state index in [4.69, 9.17) is 5.73 Å². The van der Waals surface area contributed by atoms with Crippen molar-refractivity contribution < 1.29 is 4.92 Å². The SMILES string of the molecule is C=C(C)CNc1ccc(N)cc1[N+](=O)[O-]. The number of benzene rings is 1. The van der Waals surface area contributed by atoms with Gasteiger partial charge in [-0.15, -0.1) is 0 Å². The van der Waals surface area contributed by atoms with Gasteiger partial charge in [-0.05, 0) is 19.1 Å². The summed E-state index contributed by atoms with van der Waals surface area (Å²) in [5, 5.41) is 13.6. The average molecular weight is 207 g/mol. The first-order valence-corrected chi connectivity index (χ1v) is 4.43. The number of nitrogens with two attached hydrogens (primary N) is 1. The molecule has 0 atom stereocenters. The Hall–Kier alpha value is -2.04. The lowest BCUT2D eigenvalue weighted by Gasteiger charge is -2.06. The zero-order valence-corrected chi connectivity index (χ0v) is 8.49. The molecule has 3 N–H and O–H groups in total. The molecule has 0 spiro atoms. The van der Waals surface area contributed by atoms with Crippen molar-refractivity contribution in [3.8, 4) is 0 Å². The predicted molar refractivity (Wildman–Crippen MR) is 60.8 cm³/mol. The maximum atomic E-state index is 10.7. The minimum atomic E-state index is -0.461. The molecule has 0 heterocycles. The Morgan fingerprint density at radius 2 is 2.33 bits per heavy atom. The maximum absolute atomic E-state index is 10.7. The van der Waals surface area contributed by atoms with Crippen molar-refractivity contribution >= 4 is 17.1 Å². The molecular formula is C10H13N3O2. The van der Waals surface area contributed by atoms with Crippen molar-refractivity contribution in [2.24, 2.45) is 0 Å². The molecule has 0 saturated heterocycles. The number of nitrogen functional groups attached to an aromatic ring is 1. The van der Waals surface area contributed by atoms with Crippen LogP contribution < -0.4 is 11.1 Å². The van der Waals surface area contributed by atoms with Gasteiger partial charge in [0, 0.05) is 18.3 Å². The largest absolute Gasteiger partial charge is 0.399 e. The number of hydrogen-bond donors (Lipinski definition) is 2. The number of nitrogens with one attached hydrogen (secondary N) is 1. The Morgan fingerprint density at radius 1 is 1.67 bits per heavy atom. The van der Waals surface area contributed by atoms with Crippen molar-refractivity contribution in [2.75, 3.05) is 17.6 Å². The molecule has 0 aromatic heterocycles. The fourth-order valence-electron chi connectivity index (χ4n) is 1.10. The van der Waals surface area contributed by atoms with Crippen LogP contribution in [0, 0.1) is 10.1 Å². The fraction of sp³-hybridized carbons (Fsp3) is 0.200. The zero-order chi connectivity index (χ0) is 11.4. The van der Waals surface area contributed by atoms with Crippen molar-refractivity contribution in [2.45, 2.75) is 6.92 Å². The van der Waals surface area contributed by atoms with E-state index >= 15 is 0 Å². The van der Waals surface area contributed by atoms with Crippen LogP contribution in [0.5, 0.6) is 0 Å². The van der Waals surface area contributed by atoms with Crippen molar-refractivity contribution in [3.63, 3.8) is 0 Å². The topological polar surface area (TPSA) is 81.2 Å². The number of nitro groups is 1. The first-order valence-electron chi connectivity index (χ1n) is 4.43. The smallest absolute Gasteiger partial charge is 0.294 e. The molecule has 1 aromatic carbocycles. The van der Waals surface area contributed by atoms with Crippen molar-refractivity contribution in [1.82, 2.24) is 0 Å². The summed E-state index contributed by atoms with van der Waals surface area (Å²) in [5.74, 6) is 0. The van der Waals surface area contributed by atoms with E-state index in [1.165, 1.54) is 6.07 Å². The second kappa shape index (κ2) is 4.45. The average Bonchev–Trinajstić information content (AvgIpc) is 2.15. The summed E-state index contributed by atoms with van der Waals surface area (Å²) in [4.78, 5) is 10.2. The number of anilines is 2. The Kier molecular flexibility index (Phi) is 3.28. The minimum Gasteiger partial charge on any atom is -0.399 e. The highest BCUT2D eigenvalue weighted by atomic mass is 16.6. The van der Waals surface area contributed by atoms with Gasteiger partial charge in [0.1, 0.15) is 5.69 Å². The molecule has 0 aliphatic carbocycles. The van der Waals surface area contributed by atoms with Gasteiger partial charge < -0.3 is 11.1 Å². The highest BCUT2D eigenvalue weighted by molar-refractivity contribution is 5.67. The van der Waals surface area contributed by atoms with E-state index in [1.807, 2.05) is 6.92 Å². The first-order chi connectivity index (χ1) is 7.00. The van der Waals surface area contributed by atoms with E-state index in [0.717, 1.165) is 5.57 Å². The van der Waals surface area contributed by atoms with E-state index in [-0.39, 0.29) is 5.69 Å². The minimum absolute atomic E-state index is 0.0174. The van der Waals surface area contributed by atoms with Crippen LogP contribution in [0.2, 0.25) is 0 Å². The third-order valence-corrected chi connectivity index (χ3v) is 1.80. The van der Waals surface area contributed by atoms with Crippen LogP contribution in [0.25, 0.3) is 0 Å². The van der Waals surface area contributed by atoms with Crippen LogP contribution in [0.4, 0.5) is 17.1 Å². The van der Waals surface area contributed by atoms with E-state index in [2.05, 4.69) is 11.9 Å². The third kappa shape index (κ3) is 2.98. The molecule has 15 heavy (non-hydrogen) atoms. The zero-order valence-electron chi connectivity index (χ0n) is 8.49. The van der Waals surface area contributed by atoms with Gasteiger partial charge in [-0.2, -0.15) is 0 Å². The second-order valence-corrected chi connectivity index (χ2v) is 3.34. The molecule has 1 rings (SSSR count). The molecule has 0 saturated carbocycles. The monoisotopic (exact) mass is 207 g/mol. The van der Waals surface area contributed by atoms with Crippen molar-refractivity contribution in [1.29, 1.82) is 0 Å². The maximum Gasteiger partial charge on any atom is 0.294 e. The van der Waals surface area contributed by atoms with E-state index in [0.29, 0.717) is 17.9 Å². The first kappa shape index (κ1) is 11.0. The molecule has 5 heteroatoms. The van der Waals surface area contributed by atoms with Gasteiger partial charge in [-0.1, -0.05) is 12.2 Å². The van der Waals surface area contributed by atoms with Gasteiger partial charge in [0.05, 0.1) is 4.92 Å². The molecule has 80 valence electrons. The Labute approximate surface area is 87.7 Å². The molecule has 5 nitrogen and oxygen atoms in total. The van der Waals surface area contributed by atoms with Crippen LogP contribution >= 0.6 is 0 Å². The molecule has 0 bridgehead atoms. The van der Waals surface area contributed by atoms with Crippen LogP contribution in [0.1, 0.15) is 6.92 Å². The number of nitrogens with zero attached hydrogens (tertiary/aromatic N) is 1. The lowest BCUT2D eigenvalue weighted by molar-refractivity contribution is -0.383. The number of nitro benzene ring substituents is 1. The number of rotatable bonds is 4. The summed E-state index contributed by atoms with van der Waals surface area (Å²) >= 11 is 0. The van der Waals surface area contributed by atoms with Gasteiger partial charge in [-0.25, -0.2) is 0 Å². The standard InChI is InChI=1S/C10H13N3O2/c1-7(2)6-12-9-4-3-8(11)5-10(9)13(14)15/h3-5,12H,1,6,11H2,2H3. The summed E-state index contributed by atoms with van der Waals surface area (Å²) in [6.45, 7) is 6.05. The Balaban J connectivity index is 2.95. The summed E-state index contributed by atoms with van der Waals surface area (Å²) < 4.78 is 0. The summed E-state index contributed by atoms with van der Waals surface area (Å²) in [6, 6.07) is 4.55. The fourth-order valence-corrected chi connectivity index (χ4v) is 1.10. The van der Waals surface area contributed by atoms with Crippen molar-refractivity contribution in [3.05, 3.63) is 40.5 Å². The molecule has 0 aliphatic rings. The normalized spacial score (nSPS) is 9.67. The molecule has 0 radical (unpaired) electrons. The summed E-state index contributed by atoms with van der Waals surface area (Å²) in [7, 11) is 0. The van der Waals surface area contributed by atoms with Crippen LogP contribution in [0.15, 0.2) is 30.4 Å². The number of hydrogen-bond acceptors (Lipinski definition) is 4. The molecule has 1 aromatic rings. The Bertz CT molecular complexity index is 402. The highest BCUT2D eigenvalue weighted by Crippen LogP contribution is 2.26. The van der Waals surface area contributed by atoms with Crippen LogP contribution in [-0.2, 0) is 0 Å². The summed E-state index contributed by atoms with van der Waals surface area (Å²) in [5.41, 5.74) is 7.19. The second-order valence-electron chi connectivity index (χ2n) is 3.34. The van der Waals surface area contributed by atoms with Gasteiger partial charge >= 0.3 is 0 Å². The third-order valence-electron chi connectivity index (χ3n) is 1.80. The van der Waals surface area contributed by atoms with Gasteiger partial charge in [0.2, 0.25) is 0 Å². The van der Waals surface area contributed by atoms with E-state index in [1.54, 1.807) is 12.1 Å². The van der Waals surface area contributed by atoms with Gasteiger partial charge in [0.25, 0.3) is 5.69 Å². The van der Waals surface area contributed by atoms with Crippen LogP contribution in [-0.4, -0.2) is 11.5 Å². The lowest BCUT2D eigenvalue weighted by Crippen LogP contribution is -2.05. The molecular weight excluding hydrogens is 194 g/mol. The van der Waals surface area contributed by atoms with E-state index < -0.39 is 4.92 Å². The van der Waals surface area contributed by atoms with E-state index in [9.17, 15) is 10.1 Å². The predicted octanol–water partition coefficient (Wildman–Crippen LogP) is 2.17. The molecule has 0 fully saturated rings.